The fraction of sp³-hybridized carbons (Fsp3) is 0. The van der Waals surface area contributed by atoms with Gasteiger partial charge >= 0.3 is 0 Å². The molecule has 70 heavy (non-hydrogen) atoms. The van der Waals surface area contributed by atoms with E-state index in [1.807, 2.05) is 59.6 Å². The van der Waals surface area contributed by atoms with Gasteiger partial charge < -0.3 is 0 Å². The van der Waals surface area contributed by atoms with Crippen LogP contribution in [0.2, 0.25) is 0 Å². The molecule has 0 aliphatic rings. The third-order valence-corrected chi connectivity index (χ3v) is 14.9. The van der Waals surface area contributed by atoms with E-state index in [-0.39, 0.29) is 0 Å². The molecule has 0 unspecified atom stereocenters. The fourth-order valence-corrected chi connectivity index (χ4v) is 11.3. The Bertz CT molecular complexity index is 3380. The quantitative estimate of drug-likeness (QED) is 0.116. The Kier molecular flexibility index (Phi) is 11.6. The summed E-state index contributed by atoms with van der Waals surface area (Å²) in [5.41, 5.74) is 13.1. The summed E-state index contributed by atoms with van der Waals surface area (Å²) >= 11 is 3.65. The predicted octanol–water partition coefficient (Wildman–Crippen LogP) is 17.5. The maximum absolute atomic E-state index is 4.54. The van der Waals surface area contributed by atoms with Crippen LogP contribution in [-0.2, 0) is 0 Å². The monoisotopic (exact) mass is 936 g/mol. The normalized spacial score (nSPS) is 11.1. The van der Waals surface area contributed by atoms with E-state index in [0.717, 1.165) is 68.3 Å². The van der Waals surface area contributed by atoms with E-state index in [9.17, 15) is 0 Å². The van der Waals surface area contributed by atoms with Crippen molar-refractivity contribution in [3.63, 3.8) is 0 Å². The van der Waals surface area contributed by atoms with Crippen molar-refractivity contribution in [2.24, 2.45) is 0 Å². The van der Waals surface area contributed by atoms with Crippen molar-refractivity contribution in [2.45, 2.75) is 0 Å². The lowest BCUT2D eigenvalue weighted by molar-refractivity contribution is 1.04. The van der Waals surface area contributed by atoms with Gasteiger partial charge in [0.15, 0.2) is 0 Å². The Morgan fingerprint density at radius 1 is 0.286 bits per heavy atom. The molecular weight excluding hydrogens is 893 g/mol. The van der Waals surface area contributed by atoms with E-state index in [0.29, 0.717) is 0 Å². The molecule has 6 nitrogen and oxygen atoms in total. The molecule has 8 heteroatoms. The molecule has 0 amide bonds. The highest BCUT2D eigenvalue weighted by Crippen LogP contribution is 2.45. The molecule has 0 saturated carbocycles. The number of benzene rings is 6. The molecule has 0 saturated heterocycles. The van der Waals surface area contributed by atoms with E-state index >= 15 is 0 Å². The maximum Gasteiger partial charge on any atom is 0.122 e. The zero-order valence-electron chi connectivity index (χ0n) is 37.9. The van der Waals surface area contributed by atoms with E-state index in [4.69, 9.17) is 0 Å². The van der Waals surface area contributed by atoms with Crippen molar-refractivity contribution < 1.29 is 0 Å². The van der Waals surface area contributed by atoms with Gasteiger partial charge in [0.2, 0.25) is 0 Å². The second kappa shape index (κ2) is 19.1. The van der Waals surface area contributed by atoms with Crippen LogP contribution < -0.4 is 9.80 Å². The molecule has 0 bridgehead atoms. The van der Waals surface area contributed by atoms with Crippen molar-refractivity contribution in [1.82, 2.24) is 19.1 Å². The predicted molar refractivity (Wildman–Crippen MR) is 293 cm³/mol. The van der Waals surface area contributed by atoms with Crippen LogP contribution >= 0.6 is 22.7 Å². The average Bonchev–Trinajstić information content (AvgIpc) is 4.29. The van der Waals surface area contributed by atoms with Gasteiger partial charge in [-0.05, 0) is 144 Å². The minimum atomic E-state index is 0.980. The summed E-state index contributed by atoms with van der Waals surface area (Å²) < 4.78 is 4.66. The number of rotatable bonds is 13. The Hall–Kier alpha value is -8.82. The smallest absolute Gasteiger partial charge is 0.122 e. The average molecular weight is 937 g/mol. The maximum atomic E-state index is 4.54. The molecule has 0 fully saturated rings. The molecule has 6 aromatic heterocycles. The zero-order valence-corrected chi connectivity index (χ0v) is 39.5. The lowest BCUT2D eigenvalue weighted by atomic mass is 10.1. The van der Waals surface area contributed by atoms with Crippen LogP contribution in [0.1, 0.15) is 0 Å². The number of hydrogen-bond donors (Lipinski definition) is 0. The van der Waals surface area contributed by atoms with Crippen LogP contribution in [0.3, 0.4) is 0 Å². The molecule has 0 aliphatic heterocycles. The summed E-state index contributed by atoms with van der Waals surface area (Å²) in [5.74, 6) is 2.04. The number of para-hydroxylation sites is 2. The van der Waals surface area contributed by atoms with Crippen molar-refractivity contribution >= 4 is 57.1 Å². The lowest BCUT2D eigenvalue weighted by Crippen LogP contribution is -2.14. The van der Waals surface area contributed by atoms with Gasteiger partial charge in [0.25, 0.3) is 0 Å². The molecular formula is C62H44N6S2. The summed E-state index contributed by atoms with van der Waals surface area (Å²) in [7, 11) is 0. The lowest BCUT2D eigenvalue weighted by Gasteiger charge is -2.27. The van der Waals surface area contributed by atoms with E-state index in [1.165, 1.54) is 30.6 Å². The number of aromatic nitrogens is 4. The summed E-state index contributed by atoms with van der Waals surface area (Å²) in [6, 6.07) is 86.1. The summed E-state index contributed by atoms with van der Waals surface area (Å²) in [4.78, 5) is 18.6. The van der Waals surface area contributed by atoms with E-state index in [2.05, 4.69) is 259 Å². The van der Waals surface area contributed by atoms with Crippen LogP contribution in [-0.4, -0.2) is 19.1 Å². The first kappa shape index (κ1) is 42.5. The molecule has 0 N–H and O–H groups in total. The molecule has 12 aromatic rings. The van der Waals surface area contributed by atoms with Gasteiger partial charge in [-0.2, -0.15) is 0 Å². The Labute approximate surface area is 415 Å². The largest absolute Gasteiger partial charge is 0.296 e. The Morgan fingerprint density at radius 2 is 0.657 bits per heavy atom. The van der Waals surface area contributed by atoms with Gasteiger partial charge in [-0.1, -0.05) is 121 Å². The molecule has 334 valence electrons. The molecule has 6 heterocycles. The highest BCUT2D eigenvalue weighted by atomic mass is 32.1. The third-order valence-electron chi connectivity index (χ3n) is 12.4. The van der Waals surface area contributed by atoms with Crippen LogP contribution in [0.25, 0.3) is 64.5 Å². The van der Waals surface area contributed by atoms with Gasteiger partial charge in [-0.25, -0.2) is 0 Å². The fourth-order valence-electron chi connectivity index (χ4n) is 9.17. The molecule has 0 spiro atoms. The minimum Gasteiger partial charge on any atom is -0.296 e. The summed E-state index contributed by atoms with van der Waals surface area (Å²) in [6.45, 7) is 0. The van der Waals surface area contributed by atoms with Crippen LogP contribution in [0.15, 0.2) is 267 Å². The van der Waals surface area contributed by atoms with Gasteiger partial charge in [-0.3, -0.25) is 28.9 Å². The minimum absolute atomic E-state index is 0.980. The Morgan fingerprint density at radius 3 is 1.03 bits per heavy atom. The number of thiophene rings is 2. The summed E-state index contributed by atoms with van der Waals surface area (Å²) in [5, 5.41) is 0. The first-order valence-electron chi connectivity index (χ1n) is 23.2. The van der Waals surface area contributed by atoms with Crippen molar-refractivity contribution in [3.8, 4) is 64.5 Å². The van der Waals surface area contributed by atoms with Gasteiger partial charge in [0, 0.05) is 54.7 Å². The molecule has 0 aliphatic carbocycles. The Balaban J connectivity index is 0.830. The molecule has 0 radical (unpaired) electrons. The third kappa shape index (κ3) is 8.32. The number of pyridine rings is 2. The first-order valence-corrected chi connectivity index (χ1v) is 24.8. The topological polar surface area (TPSA) is 42.1 Å². The van der Waals surface area contributed by atoms with Crippen molar-refractivity contribution in [1.29, 1.82) is 0 Å². The zero-order chi connectivity index (χ0) is 46.6. The second-order valence-electron chi connectivity index (χ2n) is 16.7. The van der Waals surface area contributed by atoms with Crippen LogP contribution in [0.4, 0.5) is 34.4 Å². The number of hydrogen-bond acceptors (Lipinski definition) is 6. The van der Waals surface area contributed by atoms with Gasteiger partial charge in [0.05, 0.1) is 35.2 Å². The van der Waals surface area contributed by atoms with E-state index in [1.54, 1.807) is 0 Å². The van der Waals surface area contributed by atoms with Crippen LogP contribution in [0.5, 0.6) is 0 Å². The first-order chi connectivity index (χ1) is 34.7. The molecule has 0 atom stereocenters. The SMILES string of the molecule is c1ccc(-c2ccc(N(c3ccc(-c4ccc(-c5ccc(-c6ccc(N(c7cccnc7)c7ccc(-c8ccccc8)n7-c7ccccc7)cc6)s5)s4)cc3)c3cccnc3)n2-c2ccccc2)cc1. The number of anilines is 6. The number of nitrogens with zero attached hydrogens (tertiary/aromatic N) is 6. The van der Waals surface area contributed by atoms with Gasteiger partial charge in [-0.15, -0.1) is 22.7 Å². The van der Waals surface area contributed by atoms with E-state index < -0.39 is 0 Å². The highest BCUT2D eigenvalue weighted by molar-refractivity contribution is 7.25. The van der Waals surface area contributed by atoms with Gasteiger partial charge in [0.1, 0.15) is 11.6 Å². The standard InChI is InChI=1S/C62H44N6S2/c1-5-15-45(16-6-1)55-33-39-61(67(55)49-19-9-3-10-20-49)65(53-23-13-41-63-43-53)51-29-25-47(26-30-51)57-35-37-59(69-57)60-38-36-58(70-60)48-27-31-52(32-28-48)66(54-24-14-42-64-44-54)62-40-34-56(46-17-7-2-8-18-46)68(62)50-21-11-4-12-22-50/h1-44H. The highest BCUT2D eigenvalue weighted by Gasteiger charge is 2.23. The second-order valence-corrected chi connectivity index (χ2v) is 18.9. The molecule has 6 aromatic carbocycles. The van der Waals surface area contributed by atoms with Crippen LogP contribution in [0, 0.1) is 0 Å². The molecule has 12 rings (SSSR count). The van der Waals surface area contributed by atoms with Crippen molar-refractivity contribution in [3.05, 3.63) is 267 Å². The van der Waals surface area contributed by atoms with Crippen molar-refractivity contribution in [2.75, 3.05) is 9.80 Å². The summed E-state index contributed by atoms with van der Waals surface area (Å²) in [6.07, 6.45) is 7.50.